The van der Waals surface area contributed by atoms with E-state index in [1.54, 1.807) is 12.4 Å². The van der Waals surface area contributed by atoms with E-state index in [-0.39, 0.29) is 0 Å². The van der Waals surface area contributed by atoms with Crippen LogP contribution in [0.1, 0.15) is 17.0 Å². The lowest BCUT2D eigenvalue weighted by Crippen LogP contribution is -2.01. The predicted molar refractivity (Wildman–Crippen MR) is 86.6 cm³/mol. The molecule has 1 N–H and O–H groups in total. The summed E-state index contributed by atoms with van der Waals surface area (Å²) in [5.74, 6) is 0.871. The zero-order chi connectivity index (χ0) is 14.7. The van der Waals surface area contributed by atoms with Crippen molar-refractivity contribution in [2.75, 3.05) is 0 Å². The molecule has 3 rings (SSSR count). The maximum absolute atomic E-state index is 5.40. The summed E-state index contributed by atoms with van der Waals surface area (Å²) in [6.45, 7) is 2.00. The molecule has 0 amide bonds. The Balaban J connectivity index is 2.04. The van der Waals surface area contributed by atoms with Gasteiger partial charge in [-0.25, -0.2) is 4.98 Å². The molecule has 0 spiro atoms. The highest BCUT2D eigenvalue weighted by Crippen LogP contribution is 2.21. The topological polar surface area (TPSA) is 41.6 Å². The summed E-state index contributed by atoms with van der Waals surface area (Å²) in [6, 6.07) is 14.2. The number of hydrogen-bond acceptors (Lipinski definition) is 3. The standard InChI is InChI=1S/C17H15N3S/c1-12-16(14-5-3-2-4-6-14)19-15(20-17(12)21)11-13-7-9-18-10-8-13/h2-10H,11H2,1H3,(H,19,20,21). The highest BCUT2D eigenvalue weighted by molar-refractivity contribution is 7.71. The quantitative estimate of drug-likeness (QED) is 0.739. The van der Waals surface area contributed by atoms with Crippen LogP contribution in [0.4, 0.5) is 0 Å². The lowest BCUT2D eigenvalue weighted by molar-refractivity contribution is 0.949. The Morgan fingerprint density at radius 1 is 1.05 bits per heavy atom. The molecule has 0 unspecified atom stereocenters. The molecule has 0 atom stereocenters. The number of aromatic nitrogens is 3. The van der Waals surface area contributed by atoms with Crippen molar-refractivity contribution in [1.82, 2.24) is 15.0 Å². The molecule has 2 aromatic heterocycles. The maximum Gasteiger partial charge on any atom is 0.133 e. The molecular weight excluding hydrogens is 278 g/mol. The lowest BCUT2D eigenvalue weighted by atomic mass is 10.1. The van der Waals surface area contributed by atoms with Gasteiger partial charge in [-0.05, 0) is 30.2 Å². The minimum Gasteiger partial charge on any atom is -0.343 e. The van der Waals surface area contributed by atoms with E-state index >= 15 is 0 Å². The van der Waals surface area contributed by atoms with E-state index in [2.05, 4.69) is 27.1 Å². The normalized spacial score (nSPS) is 10.5. The zero-order valence-corrected chi connectivity index (χ0v) is 12.5. The molecule has 21 heavy (non-hydrogen) atoms. The van der Waals surface area contributed by atoms with E-state index in [4.69, 9.17) is 12.2 Å². The summed E-state index contributed by atoms with van der Waals surface area (Å²) in [7, 11) is 0. The molecule has 3 nitrogen and oxygen atoms in total. The minimum absolute atomic E-state index is 0.650. The molecule has 3 aromatic rings. The van der Waals surface area contributed by atoms with E-state index in [9.17, 15) is 0 Å². The Hall–Kier alpha value is -2.33. The molecule has 0 radical (unpaired) electrons. The summed E-state index contributed by atoms with van der Waals surface area (Å²) >= 11 is 5.40. The van der Waals surface area contributed by atoms with Gasteiger partial charge in [0.25, 0.3) is 0 Å². The van der Waals surface area contributed by atoms with Gasteiger partial charge in [0.1, 0.15) is 10.5 Å². The largest absolute Gasteiger partial charge is 0.343 e. The van der Waals surface area contributed by atoms with Crippen molar-refractivity contribution in [1.29, 1.82) is 0 Å². The van der Waals surface area contributed by atoms with Crippen LogP contribution in [0.2, 0.25) is 0 Å². The first-order chi connectivity index (χ1) is 10.2. The van der Waals surface area contributed by atoms with Gasteiger partial charge in [-0.2, -0.15) is 0 Å². The Kier molecular flexibility index (Phi) is 3.88. The molecule has 0 aliphatic heterocycles. The third kappa shape index (κ3) is 3.06. The number of hydrogen-bond donors (Lipinski definition) is 1. The number of aromatic amines is 1. The number of nitrogens with one attached hydrogen (secondary N) is 1. The Labute approximate surface area is 128 Å². The van der Waals surface area contributed by atoms with Crippen molar-refractivity contribution in [3.05, 3.63) is 76.5 Å². The first-order valence-electron chi connectivity index (χ1n) is 6.78. The molecule has 0 fully saturated rings. The van der Waals surface area contributed by atoms with Crippen molar-refractivity contribution >= 4 is 12.2 Å². The first-order valence-corrected chi connectivity index (χ1v) is 7.19. The number of nitrogens with zero attached hydrogens (tertiary/aromatic N) is 2. The molecule has 0 aliphatic carbocycles. The van der Waals surface area contributed by atoms with E-state index in [0.717, 1.165) is 28.2 Å². The van der Waals surface area contributed by atoms with Gasteiger partial charge in [0.15, 0.2) is 0 Å². The second kappa shape index (κ2) is 5.97. The van der Waals surface area contributed by atoms with Gasteiger partial charge in [0.05, 0.1) is 5.69 Å². The molecule has 1 aromatic carbocycles. The second-order valence-corrected chi connectivity index (χ2v) is 5.27. The summed E-state index contributed by atoms with van der Waals surface area (Å²) in [6.07, 6.45) is 4.29. The molecule has 104 valence electrons. The zero-order valence-electron chi connectivity index (χ0n) is 11.7. The van der Waals surface area contributed by atoms with Gasteiger partial charge in [-0.15, -0.1) is 0 Å². The lowest BCUT2D eigenvalue weighted by Gasteiger charge is -2.10. The van der Waals surface area contributed by atoms with Crippen molar-refractivity contribution in [2.45, 2.75) is 13.3 Å². The van der Waals surface area contributed by atoms with Crippen molar-refractivity contribution in [2.24, 2.45) is 0 Å². The van der Waals surface area contributed by atoms with Gasteiger partial charge in [0.2, 0.25) is 0 Å². The Bertz CT molecular complexity index is 795. The van der Waals surface area contributed by atoms with Crippen LogP contribution in [0.15, 0.2) is 54.9 Å². The third-order valence-corrected chi connectivity index (χ3v) is 3.78. The van der Waals surface area contributed by atoms with Crippen LogP contribution in [0.25, 0.3) is 11.3 Å². The number of rotatable bonds is 3. The highest BCUT2D eigenvalue weighted by atomic mass is 32.1. The van der Waals surface area contributed by atoms with Crippen molar-refractivity contribution in [3.63, 3.8) is 0 Å². The maximum atomic E-state index is 5.40. The fraction of sp³-hybridized carbons (Fsp3) is 0.118. The minimum atomic E-state index is 0.650. The Morgan fingerprint density at radius 3 is 2.48 bits per heavy atom. The van der Waals surface area contributed by atoms with E-state index in [1.807, 2.05) is 37.3 Å². The molecule has 0 saturated carbocycles. The van der Waals surface area contributed by atoms with Gasteiger partial charge < -0.3 is 4.98 Å². The van der Waals surface area contributed by atoms with Crippen LogP contribution in [-0.4, -0.2) is 15.0 Å². The summed E-state index contributed by atoms with van der Waals surface area (Å²) in [4.78, 5) is 11.9. The van der Waals surface area contributed by atoms with Gasteiger partial charge in [0, 0.05) is 24.4 Å². The summed E-state index contributed by atoms with van der Waals surface area (Å²) in [5.41, 5.74) is 4.33. The molecule has 2 heterocycles. The molecular formula is C17H15N3S. The average Bonchev–Trinajstić information content (AvgIpc) is 2.52. The molecule has 4 heteroatoms. The number of pyridine rings is 1. The number of H-pyrrole nitrogens is 1. The summed E-state index contributed by atoms with van der Waals surface area (Å²) < 4.78 is 0.650. The Morgan fingerprint density at radius 2 is 1.76 bits per heavy atom. The van der Waals surface area contributed by atoms with Crippen LogP contribution in [0, 0.1) is 11.6 Å². The van der Waals surface area contributed by atoms with Crippen LogP contribution in [0.3, 0.4) is 0 Å². The van der Waals surface area contributed by atoms with E-state index in [0.29, 0.717) is 11.1 Å². The fourth-order valence-electron chi connectivity index (χ4n) is 2.25. The molecule has 0 saturated heterocycles. The van der Waals surface area contributed by atoms with Crippen molar-refractivity contribution in [3.8, 4) is 11.3 Å². The van der Waals surface area contributed by atoms with Crippen LogP contribution >= 0.6 is 12.2 Å². The fourth-order valence-corrected chi connectivity index (χ4v) is 2.46. The van der Waals surface area contributed by atoms with Gasteiger partial charge in [-0.1, -0.05) is 42.5 Å². The third-order valence-electron chi connectivity index (χ3n) is 3.38. The van der Waals surface area contributed by atoms with E-state index < -0.39 is 0 Å². The van der Waals surface area contributed by atoms with Crippen molar-refractivity contribution < 1.29 is 0 Å². The second-order valence-electron chi connectivity index (χ2n) is 4.89. The van der Waals surface area contributed by atoms with Gasteiger partial charge in [-0.3, -0.25) is 4.98 Å². The van der Waals surface area contributed by atoms with Gasteiger partial charge >= 0.3 is 0 Å². The first kappa shape index (κ1) is 13.6. The van der Waals surface area contributed by atoms with Crippen LogP contribution < -0.4 is 0 Å². The monoisotopic (exact) mass is 293 g/mol. The molecule has 0 bridgehead atoms. The smallest absolute Gasteiger partial charge is 0.133 e. The SMILES string of the molecule is Cc1c(-c2ccccc2)[nH]c(Cc2ccncc2)nc1=S. The number of benzene rings is 1. The average molecular weight is 293 g/mol. The van der Waals surface area contributed by atoms with Crippen LogP contribution in [-0.2, 0) is 6.42 Å². The highest BCUT2D eigenvalue weighted by Gasteiger charge is 2.07. The summed E-state index contributed by atoms with van der Waals surface area (Å²) in [5, 5.41) is 0. The predicted octanol–water partition coefficient (Wildman–Crippen LogP) is 4.10. The van der Waals surface area contributed by atoms with E-state index in [1.165, 1.54) is 0 Å². The van der Waals surface area contributed by atoms with Crippen LogP contribution in [0.5, 0.6) is 0 Å². The molecule has 0 aliphatic rings.